The molecule has 1 aliphatic rings. The van der Waals surface area contributed by atoms with E-state index in [0.29, 0.717) is 17.0 Å². The number of hydrogen-bond donors (Lipinski definition) is 2. The van der Waals surface area contributed by atoms with E-state index in [1.54, 1.807) is 51.1 Å². The Morgan fingerprint density at radius 1 is 1.31 bits per heavy atom. The van der Waals surface area contributed by atoms with Gasteiger partial charge >= 0.3 is 6.09 Å². The van der Waals surface area contributed by atoms with Crippen LogP contribution >= 0.6 is 23.2 Å². The van der Waals surface area contributed by atoms with Crippen molar-refractivity contribution < 1.29 is 28.8 Å². The molecule has 3 rings (SSSR count). The summed E-state index contributed by atoms with van der Waals surface area (Å²) in [5.74, 6) is -0.518. The van der Waals surface area contributed by atoms with Crippen LogP contribution in [0.15, 0.2) is 41.1 Å². The van der Waals surface area contributed by atoms with Crippen molar-refractivity contribution >= 4 is 46.8 Å². The number of aliphatic hydroxyl groups is 1. The highest BCUT2D eigenvalue weighted by Gasteiger charge is 2.40. The largest absolute Gasteiger partial charge is 0.444 e. The van der Waals surface area contributed by atoms with Crippen molar-refractivity contribution in [3.05, 3.63) is 36.5 Å². The summed E-state index contributed by atoms with van der Waals surface area (Å²) >= 11 is 11.7. The van der Waals surface area contributed by atoms with Gasteiger partial charge in [-0.1, -0.05) is 40.5 Å². The van der Waals surface area contributed by atoms with Crippen molar-refractivity contribution in [2.24, 2.45) is 0 Å². The Hall–Kier alpha value is -2.82. The summed E-state index contributed by atoms with van der Waals surface area (Å²) in [4.78, 5) is 39.3. The number of nitrogens with one attached hydrogen (secondary N) is 1. The van der Waals surface area contributed by atoms with E-state index in [2.05, 4.69) is 10.5 Å². The van der Waals surface area contributed by atoms with Crippen molar-refractivity contribution in [2.75, 3.05) is 24.5 Å². The van der Waals surface area contributed by atoms with Crippen LogP contribution in [0.25, 0.3) is 11.3 Å². The second-order valence-corrected chi connectivity index (χ2v) is 10.1. The molecule has 0 radical (unpaired) electrons. The Kier molecular flexibility index (Phi) is 8.63. The first kappa shape index (κ1) is 26.8. The van der Waals surface area contributed by atoms with Crippen LogP contribution in [0.5, 0.6) is 0 Å². The van der Waals surface area contributed by atoms with Gasteiger partial charge in [0.2, 0.25) is 5.91 Å². The van der Waals surface area contributed by atoms with Gasteiger partial charge in [-0.15, -0.1) is 0 Å². The van der Waals surface area contributed by atoms with Crippen LogP contribution in [-0.4, -0.2) is 75.3 Å². The first-order chi connectivity index (χ1) is 16.5. The number of amides is 3. The first-order valence-corrected chi connectivity index (χ1v) is 11.9. The van der Waals surface area contributed by atoms with E-state index in [4.69, 9.17) is 32.5 Å². The molecule has 1 fully saturated rings. The summed E-state index contributed by atoms with van der Waals surface area (Å²) in [5, 5.41) is 16.5. The highest BCUT2D eigenvalue weighted by atomic mass is 35.5. The maximum Gasteiger partial charge on any atom is 0.411 e. The Morgan fingerprint density at radius 2 is 2.06 bits per heavy atom. The smallest absolute Gasteiger partial charge is 0.411 e. The fourth-order valence-electron chi connectivity index (χ4n) is 3.67. The summed E-state index contributed by atoms with van der Waals surface area (Å²) in [6.07, 6.45) is 0.0678. The number of halogens is 2. The van der Waals surface area contributed by atoms with Gasteiger partial charge in [0.1, 0.15) is 11.6 Å². The molecule has 0 spiro atoms. The zero-order chi connectivity index (χ0) is 25.8. The topological polar surface area (TPSA) is 125 Å². The van der Waals surface area contributed by atoms with Gasteiger partial charge in [0.15, 0.2) is 10.6 Å². The third-order valence-electron chi connectivity index (χ3n) is 5.18. The minimum atomic E-state index is -1.31. The molecule has 35 heavy (non-hydrogen) atoms. The van der Waals surface area contributed by atoms with E-state index in [-0.39, 0.29) is 26.1 Å². The number of anilines is 1. The maximum absolute atomic E-state index is 12.9. The second-order valence-electron chi connectivity index (χ2n) is 9.05. The van der Waals surface area contributed by atoms with Crippen LogP contribution in [-0.2, 0) is 14.3 Å². The third kappa shape index (κ3) is 7.09. The molecule has 12 heteroatoms. The van der Waals surface area contributed by atoms with Gasteiger partial charge in [-0.3, -0.25) is 14.5 Å². The molecular weight excluding hydrogens is 499 g/mol. The molecule has 1 aromatic heterocycles. The van der Waals surface area contributed by atoms with Gasteiger partial charge in [-0.05, 0) is 32.9 Å². The zero-order valence-electron chi connectivity index (χ0n) is 19.6. The second kappa shape index (κ2) is 11.3. The predicted molar refractivity (Wildman–Crippen MR) is 130 cm³/mol. The quantitative estimate of drug-likeness (QED) is 0.531. The molecule has 2 aromatic rings. The molecule has 2 unspecified atom stereocenters. The molecule has 1 aromatic carbocycles. The highest BCUT2D eigenvalue weighted by Crippen LogP contribution is 2.26. The van der Waals surface area contributed by atoms with E-state index in [1.165, 1.54) is 16.0 Å². The Labute approximate surface area is 213 Å². The van der Waals surface area contributed by atoms with Gasteiger partial charge in [-0.25, -0.2) is 4.79 Å². The van der Waals surface area contributed by atoms with Gasteiger partial charge in [-0.2, -0.15) is 0 Å². The average Bonchev–Trinajstić information content (AvgIpc) is 3.45. The average molecular weight is 527 g/mol. The first-order valence-electron chi connectivity index (χ1n) is 11.0. The third-order valence-corrected chi connectivity index (χ3v) is 5.55. The number of β-amino-alcohol motifs (C(OH)–C–C–N with tert-alkyl or cyclic N) is 1. The van der Waals surface area contributed by atoms with Gasteiger partial charge < -0.3 is 24.6 Å². The molecule has 2 N–H and O–H groups in total. The number of benzene rings is 1. The van der Waals surface area contributed by atoms with Crippen LogP contribution in [0.1, 0.15) is 27.2 Å². The van der Waals surface area contributed by atoms with E-state index < -0.39 is 40.5 Å². The Balaban J connectivity index is 1.68. The number of carbonyl (C=O) groups is 3. The Bertz CT molecular complexity index is 1040. The number of aromatic nitrogens is 1. The molecule has 0 saturated carbocycles. The highest BCUT2D eigenvalue weighted by molar-refractivity contribution is 6.54. The lowest BCUT2D eigenvalue weighted by Gasteiger charge is -2.28. The number of aliphatic hydroxyl groups excluding tert-OH is 1. The fourth-order valence-corrected chi connectivity index (χ4v) is 3.91. The number of likely N-dealkylation sites (tertiary alicyclic amines) is 1. The number of nitrogens with zero attached hydrogens (tertiary/aromatic N) is 3. The lowest BCUT2D eigenvalue weighted by atomic mass is 10.1. The minimum Gasteiger partial charge on any atom is -0.444 e. The lowest BCUT2D eigenvalue weighted by Crippen LogP contribution is -2.49. The summed E-state index contributed by atoms with van der Waals surface area (Å²) in [6.45, 7) is 5.25. The maximum atomic E-state index is 12.9. The molecular formula is C23H28Cl2N4O6. The SMILES string of the molecule is CC(C)(C)OC(=O)N1CC(O)CC1C(=O)NCCN(C(=O)C(Cl)Cl)c1cccc(-c2ccno2)c1. The van der Waals surface area contributed by atoms with Crippen LogP contribution in [0.3, 0.4) is 0 Å². The number of carbonyl (C=O) groups excluding carboxylic acids is 3. The summed E-state index contributed by atoms with van der Waals surface area (Å²) in [5.41, 5.74) is 0.443. The van der Waals surface area contributed by atoms with E-state index in [9.17, 15) is 19.5 Å². The number of ether oxygens (including phenoxy) is 1. The molecule has 1 aliphatic heterocycles. The van der Waals surface area contributed by atoms with E-state index in [1.807, 2.05) is 0 Å². The van der Waals surface area contributed by atoms with Crippen LogP contribution in [0.2, 0.25) is 0 Å². The summed E-state index contributed by atoms with van der Waals surface area (Å²) < 4.78 is 10.5. The molecule has 1 saturated heterocycles. The van der Waals surface area contributed by atoms with Crippen LogP contribution in [0, 0.1) is 0 Å². The van der Waals surface area contributed by atoms with E-state index >= 15 is 0 Å². The summed E-state index contributed by atoms with van der Waals surface area (Å²) in [6, 6.07) is 7.74. The molecule has 2 heterocycles. The molecule has 0 aliphatic carbocycles. The molecule has 3 amide bonds. The number of alkyl halides is 2. The van der Waals surface area contributed by atoms with E-state index in [0.717, 1.165) is 0 Å². The van der Waals surface area contributed by atoms with Crippen molar-refractivity contribution in [1.29, 1.82) is 0 Å². The Morgan fingerprint density at radius 3 is 2.69 bits per heavy atom. The van der Waals surface area contributed by atoms with Crippen molar-refractivity contribution in [3.63, 3.8) is 0 Å². The number of hydrogen-bond acceptors (Lipinski definition) is 7. The number of rotatable bonds is 7. The lowest BCUT2D eigenvalue weighted by molar-refractivity contribution is -0.125. The van der Waals surface area contributed by atoms with Gasteiger partial charge in [0, 0.05) is 36.8 Å². The fraction of sp³-hybridized carbons (Fsp3) is 0.478. The normalized spacial score (nSPS) is 18.0. The summed E-state index contributed by atoms with van der Waals surface area (Å²) in [7, 11) is 0. The van der Waals surface area contributed by atoms with Crippen molar-refractivity contribution in [1.82, 2.24) is 15.4 Å². The van der Waals surface area contributed by atoms with Gasteiger partial charge in [0.05, 0.1) is 18.8 Å². The molecule has 190 valence electrons. The molecule has 0 bridgehead atoms. The van der Waals surface area contributed by atoms with Crippen LogP contribution in [0.4, 0.5) is 10.5 Å². The standard InChI is InChI=1S/C23H28Cl2N4O6/c1-23(2,3)34-22(33)29-13-16(30)12-17(29)20(31)26-9-10-28(21(32)19(24)25)15-6-4-5-14(11-15)18-7-8-27-35-18/h4-8,11,16-17,19,30H,9-10,12-13H2,1-3H3,(H,26,31). The molecule has 2 atom stereocenters. The minimum absolute atomic E-state index is 0.00772. The van der Waals surface area contributed by atoms with Crippen molar-refractivity contribution in [3.8, 4) is 11.3 Å². The van der Waals surface area contributed by atoms with Gasteiger partial charge in [0.25, 0.3) is 5.91 Å². The monoisotopic (exact) mass is 526 g/mol. The van der Waals surface area contributed by atoms with Crippen molar-refractivity contribution in [2.45, 2.75) is 49.8 Å². The predicted octanol–water partition coefficient (Wildman–Crippen LogP) is 2.96. The molecule has 10 nitrogen and oxygen atoms in total. The zero-order valence-corrected chi connectivity index (χ0v) is 21.1. The van der Waals surface area contributed by atoms with Crippen LogP contribution < -0.4 is 10.2 Å².